The Hall–Kier alpha value is -3.35. The number of nitrogens with one attached hydrogen (secondary N) is 1. The topological polar surface area (TPSA) is 82.1 Å². The molecule has 4 rings (SSSR count). The number of aromatic nitrogens is 3. The summed E-state index contributed by atoms with van der Waals surface area (Å²) in [6, 6.07) is 10.6. The van der Waals surface area contributed by atoms with Crippen molar-refractivity contribution in [3.8, 4) is 0 Å². The minimum absolute atomic E-state index is 0.192. The van der Waals surface area contributed by atoms with Gasteiger partial charge in [-0.25, -0.2) is 4.68 Å². The van der Waals surface area contributed by atoms with Crippen LogP contribution in [0, 0.1) is 0 Å². The van der Waals surface area contributed by atoms with Gasteiger partial charge in [-0.2, -0.15) is 5.10 Å². The van der Waals surface area contributed by atoms with Gasteiger partial charge in [0.05, 0.1) is 24.5 Å². The predicted molar refractivity (Wildman–Crippen MR) is 97.7 cm³/mol. The summed E-state index contributed by atoms with van der Waals surface area (Å²) in [6.07, 6.45) is 3.23. The Kier molecular flexibility index (Phi) is 3.84. The molecule has 1 amide bonds. The highest BCUT2D eigenvalue weighted by Crippen LogP contribution is 2.29. The lowest BCUT2D eigenvalue weighted by Crippen LogP contribution is -2.32. The molecule has 0 aliphatic rings. The van der Waals surface area contributed by atoms with Crippen LogP contribution in [0.15, 0.2) is 58.1 Å². The van der Waals surface area contributed by atoms with Crippen LogP contribution in [0.3, 0.4) is 0 Å². The molecule has 0 aliphatic carbocycles. The number of aryl methyl sites for hydroxylation is 1. The maximum absolute atomic E-state index is 12.7. The van der Waals surface area contributed by atoms with E-state index in [1.54, 1.807) is 43.1 Å². The Morgan fingerprint density at radius 2 is 2.04 bits per heavy atom. The first-order valence-electron chi connectivity index (χ1n) is 8.33. The highest BCUT2D eigenvalue weighted by Gasteiger charge is 2.23. The van der Waals surface area contributed by atoms with Crippen molar-refractivity contribution in [1.82, 2.24) is 19.7 Å². The van der Waals surface area contributed by atoms with Gasteiger partial charge in [0, 0.05) is 17.8 Å². The molecule has 0 saturated carbocycles. The number of para-hydroxylation sites is 1. The van der Waals surface area contributed by atoms with E-state index in [1.807, 2.05) is 24.3 Å². The first-order chi connectivity index (χ1) is 12.6. The van der Waals surface area contributed by atoms with Crippen LogP contribution in [0.5, 0.6) is 0 Å². The van der Waals surface area contributed by atoms with E-state index in [1.165, 1.54) is 4.68 Å². The summed E-state index contributed by atoms with van der Waals surface area (Å²) >= 11 is 0. The van der Waals surface area contributed by atoms with Gasteiger partial charge >= 0.3 is 0 Å². The van der Waals surface area contributed by atoms with E-state index in [0.29, 0.717) is 17.8 Å². The zero-order valence-corrected chi connectivity index (χ0v) is 14.5. The van der Waals surface area contributed by atoms with Gasteiger partial charge < -0.3 is 14.3 Å². The van der Waals surface area contributed by atoms with Crippen molar-refractivity contribution in [2.75, 3.05) is 0 Å². The molecule has 0 bridgehead atoms. The summed E-state index contributed by atoms with van der Waals surface area (Å²) in [5.41, 5.74) is 1.07. The van der Waals surface area contributed by atoms with Crippen molar-refractivity contribution in [3.05, 3.63) is 65.0 Å². The Morgan fingerprint density at radius 3 is 2.81 bits per heavy atom. The number of carbonyl (C=O) groups excluding carboxylic acids is 1. The summed E-state index contributed by atoms with van der Waals surface area (Å²) in [7, 11) is 1.60. The Morgan fingerprint density at radius 1 is 1.23 bits per heavy atom. The third-order valence-corrected chi connectivity index (χ3v) is 4.59. The number of amides is 1. The maximum atomic E-state index is 12.7. The van der Waals surface area contributed by atoms with E-state index in [0.717, 1.165) is 16.3 Å². The van der Waals surface area contributed by atoms with E-state index in [4.69, 9.17) is 4.42 Å². The summed E-state index contributed by atoms with van der Waals surface area (Å²) in [5, 5.41) is 8.63. The molecule has 7 heteroatoms. The highest BCUT2D eigenvalue weighted by atomic mass is 16.3. The fourth-order valence-electron chi connectivity index (χ4n) is 3.24. The molecule has 26 heavy (non-hydrogen) atoms. The van der Waals surface area contributed by atoms with Crippen molar-refractivity contribution >= 4 is 27.7 Å². The van der Waals surface area contributed by atoms with Crippen LogP contribution in [-0.4, -0.2) is 20.3 Å². The van der Waals surface area contributed by atoms with Crippen molar-refractivity contribution < 1.29 is 9.21 Å². The van der Waals surface area contributed by atoms with Gasteiger partial charge in [-0.05, 0) is 25.1 Å². The molecule has 7 nitrogen and oxygen atoms in total. The van der Waals surface area contributed by atoms with Gasteiger partial charge in [-0.3, -0.25) is 9.59 Å². The number of hydrogen-bond donors (Lipinski definition) is 1. The molecule has 0 fully saturated rings. The standard InChI is InChI=1S/C19H18N4O3/c1-12(18(24)20-10-13-6-5-9-26-13)23-16-8-4-3-7-14(16)15-11-21-22(2)19(25)17(15)23/h3-9,11-12H,10H2,1-2H3,(H,20,24)/t12-/m1/s1. The van der Waals surface area contributed by atoms with Crippen LogP contribution in [0.25, 0.3) is 21.8 Å². The Balaban J connectivity index is 1.82. The zero-order chi connectivity index (χ0) is 18.3. The van der Waals surface area contributed by atoms with E-state index in [2.05, 4.69) is 10.4 Å². The molecule has 1 atom stereocenters. The van der Waals surface area contributed by atoms with Crippen LogP contribution in [0.2, 0.25) is 0 Å². The van der Waals surface area contributed by atoms with Gasteiger partial charge in [-0.1, -0.05) is 18.2 Å². The van der Waals surface area contributed by atoms with Crippen molar-refractivity contribution in [3.63, 3.8) is 0 Å². The first kappa shape index (κ1) is 16.1. The summed E-state index contributed by atoms with van der Waals surface area (Å²) in [4.78, 5) is 25.4. The molecule has 1 N–H and O–H groups in total. The second kappa shape index (κ2) is 6.18. The van der Waals surface area contributed by atoms with Crippen LogP contribution in [0.1, 0.15) is 18.7 Å². The molecule has 0 radical (unpaired) electrons. The molecule has 3 heterocycles. The third-order valence-electron chi connectivity index (χ3n) is 4.59. The van der Waals surface area contributed by atoms with Crippen molar-refractivity contribution in [2.45, 2.75) is 19.5 Å². The lowest BCUT2D eigenvalue weighted by molar-refractivity contribution is -0.123. The lowest BCUT2D eigenvalue weighted by Gasteiger charge is -2.16. The fourth-order valence-corrected chi connectivity index (χ4v) is 3.24. The van der Waals surface area contributed by atoms with Crippen molar-refractivity contribution in [1.29, 1.82) is 0 Å². The zero-order valence-electron chi connectivity index (χ0n) is 14.5. The predicted octanol–water partition coefficient (Wildman–Crippen LogP) is 2.36. The van der Waals surface area contributed by atoms with Crippen LogP contribution >= 0.6 is 0 Å². The second-order valence-corrected chi connectivity index (χ2v) is 6.20. The number of furan rings is 1. The molecular weight excluding hydrogens is 332 g/mol. The number of carbonyl (C=O) groups is 1. The first-order valence-corrected chi connectivity index (χ1v) is 8.33. The minimum atomic E-state index is -0.567. The quantitative estimate of drug-likeness (QED) is 0.612. The summed E-state index contributed by atoms with van der Waals surface area (Å²) < 4.78 is 8.31. The number of rotatable bonds is 4. The Labute approximate surface area is 148 Å². The van der Waals surface area contributed by atoms with E-state index in [9.17, 15) is 9.59 Å². The molecular formula is C19H18N4O3. The molecule has 0 spiro atoms. The van der Waals surface area contributed by atoms with E-state index in [-0.39, 0.29) is 11.5 Å². The fraction of sp³-hybridized carbons (Fsp3) is 0.211. The summed E-state index contributed by atoms with van der Waals surface area (Å²) in [6.45, 7) is 2.08. The van der Waals surface area contributed by atoms with Crippen LogP contribution in [-0.2, 0) is 18.4 Å². The average Bonchev–Trinajstić information content (AvgIpc) is 3.28. The molecule has 0 unspecified atom stereocenters. The van der Waals surface area contributed by atoms with Crippen LogP contribution in [0.4, 0.5) is 0 Å². The van der Waals surface area contributed by atoms with Gasteiger partial charge in [0.2, 0.25) is 5.91 Å². The number of fused-ring (bicyclic) bond motifs is 3. The van der Waals surface area contributed by atoms with Gasteiger partial charge in [-0.15, -0.1) is 0 Å². The molecule has 0 aliphatic heterocycles. The molecule has 0 saturated heterocycles. The smallest absolute Gasteiger partial charge is 0.291 e. The SMILES string of the molecule is C[C@H](C(=O)NCc1ccco1)n1c2ccccc2c2cnn(C)c(=O)c21. The van der Waals surface area contributed by atoms with Gasteiger partial charge in [0.1, 0.15) is 17.3 Å². The molecule has 132 valence electrons. The molecule has 4 aromatic rings. The number of hydrogen-bond acceptors (Lipinski definition) is 4. The lowest BCUT2D eigenvalue weighted by atomic mass is 10.2. The van der Waals surface area contributed by atoms with E-state index < -0.39 is 6.04 Å². The highest BCUT2D eigenvalue weighted by molar-refractivity contribution is 6.08. The molecule has 3 aromatic heterocycles. The largest absolute Gasteiger partial charge is 0.467 e. The van der Waals surface area contributed by atoms with E-state index >= 15 is 0 Å². The maximum Gasteiger partial charge on any atom is 0.291 e. The molecule has 1 aromatic carbocycles. The van der Waals surface area contributed by atoms with Gasteiger partial charge in [0.25, 0.3) is 5.56 Å². The average molecular weight is 350 g/mol. The number of benzene rings is 1. The Bertz CT molecular complexity index is 1150. The number of nitrogens with zero attached hydrogens (tertiary/aromatic N) is 3. The summed E-state index contributed by atoms with van der Waals surface area (Å²) in [5.74, 6) is 0.482. The van der Waals surface area contributed by atoms with Crippen LogP contribution < -0.4 is 10.9 Å². The monoisotopic (exact) mass is 350 g/mol. The third kappa shape index (κ3) is 2.48. The van der Waals surface area contributed by atoms with Gasteiger partial charge in [0.15, 0.2) is 0 Å². The minimum Gasteiger partial charge on any atom is -0.467 e. The van der Waals surface area contributed by atoms with Crippen molar-refractivity contribution in [2.24, 2.45) is 7.05 Å². The normalized spacial score (nSPS) is 12.5. The second-order valence-electron chi connectivity index (χ2n) is 6.20.